The summed E-state index contributed by atoms with van der Waals surface area (Å²) in [5, 5.41) is 7.48. The molecule has 2 aromatic carbocycles. The zero-order chi connectivity index (χ0) is 24.8. The normalized spacial score (nSPS) is 14.8. The van der Waals surface area contributed by atoms with Gasteiger partial charge < -0.3 is 19.7 Å². The number of halogens is 1. The molecular formula is C25H24FN5O4. The number of hydrogen-bond donors (Lipinski definition) is 1. The monoisotopic (exact) mass is 477 g/mol. The molecule has 1 fully saturated rings. The highest BCUT2D eigenvalue weighted by Crippen LogP contribution is 2.36. The summed E-state index contributed by atoms with van der Waals surface area (Å²) in [5.74, 6) is 0.154. The van der Waals surface area contributed by atoms with Gasteiger partial charge in [-0.1, -0.05) is 12.6 Å². The summed E-state index contributed by atoms with van der Waals surface area (Å²) in [4.78, 5) is 29.5. The molecule has 3 aromatic rings. The Bertz CT molecular complexity index is 1240. The average Bonchev–Trinajstić information content (AvgIpc) is 3.35. The van der Waals surface area contributed by atoms with E-state index in [1.165, 1.54) is 31.5 Å². The summed E-state index contributed by atoms with van der Waals surface area (Å²) >= 11 is 0. The maximum atomic E-state index is 14.9. The Balaban J connectivity index is 1.54. The van der Waals surface area contributed by atoms with E-state index in [1.54, 1.807) is 41.4 Å². The van der Waals surface area contributed by atoms with E-state index >= 15 is 0 Å². The van der Waals surface area contributed by atoms with E-state index in [2.05, 4.69) is 22.2 Å². The molecule has 35 heavy (non-hydrogen) atoms. The molecule has 4 rings (SSSR count). The van der Waals surface area contributed by atoms with Gasteiger partial charge in [-0.15, -0.1) is 4.91 Å². The van der Waals surface area contributed by atoms with E-state index in [1.807, 2.05) is 0 Å². The van der Waals surface area contributed by atoms with Crippen LogP contribution in [-0.4, -0.2) is 42.0 Å². The Kier molecular flexibility index (Phi) is 7.20. The first-order valence-electron chi connectivity index (χ1n) is 10.9. The van der Waals surface area contributed by atoms with E-state index < -0.39 is 5.82 Å². The molecule has 1 N–H and O–H groups in total. The Labute approximate surface area is 201 Å². The number of carbonyl (C=O) groups is 1. The van der Waals surface area contributed by atoms with Gasteiger partial charge in [0, 0.05) is 37.5 Å². The molecular weight excluding hydrogens is 453 g/mol. The van der Waals surface area contributed by atoms with Crippen molar-refractivity contribution in [2.45, 2.75) is 12.5 Å². The van der Waals surface area contributed by atoms with Gasteiger partial charge in [-0.2, -0.15) is 5.01 Å². The van der Waals surface area contributed by atoms with Gasteiger partial charge in [-0.05, 0) is 42.8 Å². The highest BCUT2D eigenvalue weighted by molar-refractivity contribution is 5.87. The average molecular weight is 477 g/mol. The van der Waals surface area contributed by atoms with Crippen molar-refractivity contribution in [3.8, 4) is 17.2 Å². The summed E-state index contributed by atoms with van der Waals surface area (Å²) < 4.78 is 25.7. The maximum Gasteiger partial charge on any atom is 0.246 e. The van der Waals surface area contributed by atoms with Crippen LogP contribution in [0.25, 0.3) is 0 Å². The first kappa shape index (κ1) is 23.7. The fourth-order valence-corrected chi connectivity index (χ4v) is 3.83. The van der Waals surface area contributed by atoms with Gasteiger partial charge in [0.25, 0.3) is 0 Å². The quantitative estimate of drug-likeness (QED) is 0.262. The molecule has 9 nitrogen and oxygen atoms in total. The number of rotatable bonds is 9. The highest BCUT2D eigenvalue weighted by atomic mass is 19.1. The van der Waals surface area contributed by atoms with Crippen LogP contribution in [0.4, 0.5) is 21.5 Å². The van der Waals surface area contributed by atoms with Crippen LogP contribution >= 0.6 is 0 Å². The van der Waals surface area contributed by atoms with E-state index in [4.69, 9.17) is 9.47 Å². The lowest BCUT2D eigenvalue weighted by Gasteiger charge is -2.22. The van der Waals surface area contributed by atoms with Gasteiger partial charge >= 0.3 is 0 Å². The summed E-state index contributed by atoms with van der Waals surface area (Å²) in [6.45, 7) is 4.61. The van der Waals surface area contributed by atoms with Gasteiger partial charge in [0.1, 0.15) is 17.2 Å². The molecule has 1 aromatic heterocycles. The summed E-state index contributed by atoms with van der Waals surface area (Å²) in [5.41, 5.74) is 1.12. The second-order valence-electron chi connectivity index (χ2n) is 7.80. The first-order valence-corrected chi connectivity index (χ1v) is 10.9. The third-order valence-electron chi connectivity index (χ3n) is 5.57. The Morgan fingerprint density at radius 2 is 2.11 bits per heavy atom. The van der Waals surface area contributed by atoms with Crippen molar-refractivity contribution in [2.24, 2.45) is 5.29 Å². The van der Waals surface area contributed by atoms with Crippen molar-refractivity contribution < 1.29 is 18.7 Å². The maximum absolute atomic E-state index is 14.9. The summed E-state index contributed by atoms with van der Waals surface area (Å²) in [6, 6.07) is 12.5. The van der Waals surface area contributed by atoms with Gasteiger partial charge in [0.2, 0.25) is 5.91 Å². The number of nitrogens with one attached hydrogen (secondary N) is 1. The number of amides is 1. The topological polar surface area (TPSA) is 96.4 Å². The molecule has 10 heteroatoms. The first-order chi connectivity index (χ1) is 17.0. The van der Waals surface area contributed by atoms with E-state index in [9.17, 15) is 14.1 Å². The molecule has 1 aliphatic heterocycles. The van der Waals surface area contributed by atoms with Gasteiger partial charge in [-0.3, -0.25) is 9.78 Å². The van der Waals surface area contributed by atoms with Crippen LogP contribution in [0.2, 0.25) is 0 Å². The molecule has 1 aliphatic rings. The summed E-state index contributed by atoms with van der Waals surface area (Å²) in [6.07, 6.45) is 5.04. The van der Waals surface area contributed by atoms with Crippen molar-refractivity contribution in [3.63, 3.8) is 0 Å². The third kappa shape index (κ3) is 5.37. The van der Waals surface area contributed by atoms with Crippen LogP contribution in [-0.2, 0) is 4.79 Å². The van der Waals surface area contributed by atoms with Gasteiger partial charge in [0.15, 0.2) is 11.6 Å². The van der Waals surface area contributed by atoms with Crippen LogP contribution in [0, 0.1) is 10.7 Å². The second-order valence-corrected chi connectivity index (χ2v) is 7.80. The third-order valence-corrected chi connectivity index (χ3v) is 5.57. The molecule has 0 radical (unpaired) electrons. The fourth-order valence-electron chi connectivity index (χ4n) is 3.83. The highest BCUT2D eigenvalue weighted by Gasteiger charge is 2.26. The zero-order valence-corrected chi connectivity index (χ0v) is 19.1. The lowest BCUT2D eigenvalue weighted by molar-refractivity contribution is -0.125. The van der Waals surface area contributed by atoms with Gasteiger partial charge in [-0.25, -0.2) is 4.39 Å². The number of aromatic nitrogens is 1. The van der Waals surface area contributed by atoms with E-state index in [0.29, 0.717) is 36.0 Å². The number of nitrogens with zero attached hydrogens (tertiary/aromatic N) is 4. The van der Waals surface area contributed by atoms with Crippen LogP contribution < -0.4 is 19.8 Å². The van der Waals surface area contributed by atoms with Crippen LogP contribution in [0.1, 0.15) is 6.42 Å². The number of nitroso groups, excluding NO2 is 1. The molecule has 1 saturated heterocycles. The number of pyridine rings is 1. The number of anilines is 3. The predicted molar refractivity (Wildman–Crippen MR) is 130 cm³/mol. The fraction of sp³-hybridized carbons (Fsp3) is 0.200. The minimum absolute atomic E-state index is 0.0182. The van der Waals surface area contributed by atoms with Crippen LogP contribution in [0.3, 0.4) is 0 Å². The number of ether oxygens (including phenoxy) is 2. The van der Waals surface area contributed by atoms with Gasteiger partial charge in [0.05, 0.1) is 30.0 Å². The van der Waals surface area contributed by atoms with Crippen LogP contribution in [0.15, 0.2) is 78.9 Å². The molecule has 2 heterocycles. The molecule has 1 unspecified atom stereocenters. The summed E-state index contributed by atoms with van der Waals surface area (Å²) in [7, 11) is 1.53. The number of benzene rings is 2. The Morgan fingerprint density at radius 1 is 1.29 bits per heavy atom. The molecule has 0 spiro atoms. The Morgan fingerprint density at radius 3 is 2.86 bits per heavy atom. The second kappa shape index (κ2) is 10.6. The minimum Gasteiger partial charge on any atom is -0.497 e. The van der Waals surface area contributed by atoms with Crippen molar-refractivity contribution >= 4 is 23.0 Å². The molecule has 0 saturated carbocycles. The van der Waals surface area contributed by atoms with Crippen molar-refractivity contribution in [3.05, 3.63) is 84.3 Å². The van der Waals surface area contributed by atoms with E-state index in [-0.39, 0.29) is 23.4 Å². The molecule has 180 valence electrons. The number of hydrogen-bond acceptors (Lipinski definition) is 7. The number of methoxy groups -OCH3 is 1. The largest absolute Gasteiger partial charge is 0.497 e. The standard InChI is InChI=1S/C25H24FN5O4/c1-3-25(32)30-12-10-17(16-30)28-22-9-11-27-15-23(22)31(29-33)18-7-8-24(21(26)13-18)35-20-6-4-5-19(14-20)34-2/h3-9,11,13-15,17H,1,10,12,16H2,2H3,(H,27,28). The number of likely N-dealkylation sites (tertiary alicyclic amines) is 1. The lowest BCUT2D eigenvalue weighted by atomic mass is 10.2. The molecule has 0 bridgehead atoms. The lowest BCUT2D eigenvalue weighted by Crippen LogP contribution is -2.30. The Hall–Kier alpha value is -4.47. The molecule has 1 atom stereocenters. The van der Waals surface area contributed by atoms with Crippen molar-refractivity contribution in [1.29, 1.82) is 0 Å². The number of carbonyl (C=O) groups excluding carboxylic acids is 1. The van der Waals surface area contributed by atoms with Crippen molar-refractivity contribution in [2.75, 3.05) is 30.5 Å². The predicted octanol–water partition coefficient (Wildman–Crippen LogP) is 5.04. The minimum atomic E-state index is -0.674. The van der Waals surface area contributed by atoms with Crippen LogP contribution in [0.5, 0.6) is 17.2 Å². The smallest absolute Gasteiger partial charge is 0.246 e. The molecule has 0 aliphatic carbocycles. The molecule has 1 amide bonds. The zero-order valence-electron chi connectivity index (χ0n) is 19.1. The SMILES string of the molecule is C=CC(=O)N1CCC(Nc2ccncc2N(N=O)c2ccc(Oc3cccc(OC)c3)c(F)c2)C1. The van der Waals surface area contributed by atoms with Crippen molar-refractivity contribution in [1.82, 2.24) is 9.88 Å². The van der Waals surface area contributed by atoms with E-state index in [0.717, 1.165) is 17.5 Å².